The number of aromatic nitrogens is 2. The summed E-state index contributed by atoms with van der Waals surface area (Å²) in [7, 11) is 0. The quantitative estimate of drug-likeness (QED) is 0.749. The second kappa shape index (κ2) is 3.50. The summed E-state index contributed by atoms with van der Waals surface area (Å²) in [5.74, 6) is 0. The normalized spacial score (nSPS) is 28.2. The average Bonchev–Trinajstić information content (AvgIpc) is 2.71. The molecule has 0 radical (unpaired) electrons. The molecule has 3 nitrogen and oxygen atoms in total. The van der Waals surface area contributed by atoms with Gasteiger partial charge >= 0.3 is 0 Å². The van der Waals surface area contributed by atoms with Crippen molar-refractivity contribution in [3.8, 4) is 0 Å². The van der Waals surface area contributed by atoms with Crippen LogP contribution in [-0.4, -0.2) is 21.0 Å². The molecule has 0 aliphatic heterocycles. The van der Waals surface area contributed by atoms with Crippen LogP contribution in [0.4, 0.5) is 0 Å². The summed E-state index contributed by atoms with van der Waals surface area (Å²) in [5, 5.41) is 13.9. The van der Waals surface area contributed by atoms with Crippen LogP contribution in [0, 0.1) is 0 Å². The highest BCUT2D eigenvalue weighted by atomic mass is 16.3. The molecule has 1 aromatic rings. The first kappa shape index (κ1) is 8.75. The summed E-state index contributed by atoms with van der Waals surface area (Å²) in [6, 6.07) is 0.222. The molecule has 2 rings (SSSR count). The standard InChI is InChI=1S/C10H16N2O/c1-2-8-6-11-12(7-8)9-4-3-5-10(9)13/h6-7,9-10,13H,2-5H2,1H3/t9?,10-/m1/s1. The van der Waals surface area contributed by atoms with Crippen LogP contribution in [0.1, 0.15) is 37.8 Å². The molecular formula is C10H16N2O. The molecule has 1 N–H and O–H groups in total. The Morgan fingerprint density at radius 3 is 3.00 bits per heavy atom. The predicted octanol–water partition coefficient (Wildman–Crippen LogP) is 1.53. The van der Waals surface area contributed by atoms with Crippen molar-refractivity contribution in [1.82, 2.24) is 9.78 Å². The third-order valence-corrected chi connectivity index (χ3v) is 2.85. The molecular weight excluding hydrogens is 164 g/mol. The number of aliphatic hydroxyl groups excluding tert-OH is 1. The maximum Gasteiger partial charge on any atom is 0.0778 e. The smallest absolute Gasteiger partial charge is 0.0778 e. The van der Waals surface area contributed by atoms with E-state index in [1.165, 1.54) is 5.56 Å². The van der Waals surface area contributed by atoms with Crippen molar-refractivity contribution in [3.63, 3.8) is 0 Å². The first-order chi connectivity index (χ1) is 6.31. The predicted molar refractivity (Wildman–Crippen MR) is 50.5 cm³/mol. The van der Waals surface area contributed by atoms with Gasteiger partial charge in [-0.2, -0.15) is 5.10 Å². The monoisotopic (exact) mass is 180 g/mol. The number of hydrogen-bond donors (Lipinski definition) is 1. The fourth-order valence-corrected chi connectivity index (χ4v) is 1.97. The highest BCUT2D eigenvalue weighted by Gasteiger charge is 2.26. The summed E-state index contributed by atoms with van der Waals surface area (Å²) in [5.41, 5.74) is 1.25. The van der Waals surface area contributed by atoms with Gasteiger partial charge in [-0.15, -0.1) is 0 Å². The molecule has 13 heavy (non-hydrogen) atoms. The van der Waals surface area contributed by atoms with Crippen LogP contribution in [0.3, 0.4) is 0 Å². The molecule has 0 spiro atoms. The highest BCUT2D eigenvalue weighted by Crippen LogP contribution is 2.29. The number of aliphatic hydroxyl groups is 1. The zero-order valence-electron chi connectivity index (χ0n) is 7.98. The minimum Gasteiger partial charge on any atom is -0.391 e. The van der Waals surface area contributed by atoms with Gasteiger partial charge in [0.1, 0.15) is 0 Å². The minimum absolute atomic E-state index is 0.190. The van der Waals surface area contributed by atoms with Gasteiger partial charge in [0.15, 0.2) is 0 Å². The maximum absolute atomic E-state index is 9.66. The Bertz CT molecular complexity index is 282. The van der Waals surface area contributed by atoms with Gasteiger partial charge in [-0.25, -0.2) is 0 Å². The zero-order valence-corrected chi connectivity index (χ0v) is 7.98. The summed E-state index contributed by atoms with van der Waals surface area (Å²) >= 11 is 0. The first-order valence-electron chi connectivity index (χ1n) is 5.02. The van der Waals surface area contributed by atoms with E-state index < -0.39 is 0 Å². The van der Waals surface area contributed by atoms with Crippen molar-refractivity contribution in [2.75, 3.05) is 0 Å². The summed E-state index contributed by atoms with van der Waals surface area (Å²) < 4.78 is 1.93. The Labute approximate surface area is 78.4 Å². The highest BCUT2D eigenvalue weighted by molar-refractivity contribution is 5.04. The van der Waals surface area contributed by atoms with Gasteiger partial charge in [0.2, 0.25) is 0 Å². The molecule has 0 saturated heterocycles. The summed E-state index contributed by atoms with van der Waals surface area (Å²) in [4.78, 5) is 0. The van der Waals surface area contributed by atoms with E-state index in [-0.39, 0.29) is 12.1 Å². The van der Waals surface area contributed by atoms with Crippen LogP contribution in [0.15, 0.2) is 12.4 Å². The Kier molecular flexibility index (Phi) is 2.36. The molecule has 72 valence electrons. The number of hydrogen-bond acceptors (Lipinski definition) is 2. The van der Waals surface area contributed by atoms with Crippen LogP contribution >= 0.6 is 0 Å². The lowest BCUT2D eigenvalue weighted by atomic mass is 10.2. The molecule has 1 heterocycles. The van der Waals surface area contributed by atoms with Gasteiger partial charge in [-0.05, 0) is 31.2 Å². The van der Waals surface area contributed by atoms with Crippen molar-refractivity contribution < 1.29 is 5.11 Å². The molecule has 0 amide bonds. The number of nitrogens with zero attached hydrogens (tertiary/aromatic N) is 2. The largest absolute Gasteiger partial charge is 0.391 e. The molecule has 1 saturated carbocycles. The molecule has 1 unspecified atom stereocenters. The van der Waals surface area contributed by atoms with E-state index in [2.05, 4.69) is 18.2 Å². The Balaban J connectivity index is 2.15. The molecule has 1 aliphatic carbocycles. The fraction of sp³-hybridized carbons (Fsp3) is 0.700. The van der Waals surface area contributed by atoms with Crippen molar-refractivity contribution >= 4 is 0 Å². The van der Waals surface area contributed by atoms with E-state index in [0.717, 1.165) is 25.7 Å². The molecule has 2 atom stereocenters. The second-order valence-corrected chi connectivity index (χ2v) is 3.75. The molecule has 0 bridgehead atoms. The van der Waals surface area contributed by atoms with Crippen LogP contribution in [0.5, 0.6) is 0 Å². The van der Waals surface area contributed by atoms with E-state index in [4.69, 9.17) is 0 Å². The molecule has 1 aliphatic rings. The Morgan fingerprint density at radius 1 is 1.62 bits per heavy atom. The van der Waals surface area contributed by atoms with Crippen molar-refractivity contribution in [1.29, 1.82) is 0 Å². The first-order valence-corrected chi connectivity index (χ1v) is 5.02. The summed E-state index contributed by atoms with van der Waals surface area (Å²) in [6.07, 6.45) is 7.88. The van der Waals surface area contributed by atoms with Crippen molar-refractivity contribution in [3.05, 3.63) is 18.0 Å². The van der Waals surface area contributed by atoms with Crippen LogP contribution in [0.2, 0.25) is 0 Å². The van der Waals surface area contributed by atoms with E-state index in [0.29, 0.717) is 0 Å². The number of aryl methyl sites for hydroxylation is 1. The topological polar surface area (TPSA) is 38.0 Å². The van der Waals surface area contributed by atoms with Gasteiger partial charge in [-0.1, -0.05) is 6.92 Å². The van der Waals surface area contributed by atoms with Crippen molar-refractivity contribution in [2.24, 2.45) is 0 Å². The van der Waals surface area contributed by atoms with E-state index >= 15 is 0 Å². The van der Waals surface area contributed by atoms with Crippen LogP contribution in [-0.2, 0) is 6.42 Å². The fourth-order valence-electron chi connectivity index (χ4n) is 1.97. The van der Waals surface area contributed by atoms with Gasteiger partial charge in [0.25, 0.3) is 0 Å². The third kappa shape index (κ3) is 1.61. The second-order valence-electron chi connectivity index (χ2n) is 3.75. The molecule has 1 fully saturated rings. The SMILES string of the molecule is CCc1cnn(C2CCC[C@H]2O)c1. The van der Waals surface area contributed by atoms with Crippen LogP contribution < -0.4 is 0 Å². The van der Waals surface area contributed by atoms with Gasteiger partial charge in [0.05, 0.1) is 18.3 Å². The van der Waals surface area contributed by atoms with Gasteiger partial charge < -0.3 is 5.11 Å². The molecule has 0 aromatic carbocycles. The van der Waals surface area contributed by atoms with Crippen molar-refractivity contribution in [2.45, 2.75) is 44.8 Å². The van der Waals surface area contributed by atoms with E-state index in [1.807, 2.05) is 10.9 Å². The maximum atomic E-state index is 9.66. The average molecular weight is 180 g/mol. The molecule has 1 aromatic heterocycles. The van der Waals surface area contributed by atoms with Gasteiger partial charge in [0, 0.05) is 6.20 Å². The number of rotatable bonds is 2. The Hall–Kier alpha value is -0.830. The van der Waals surface area contributed by atoms with Crippen LogP contribution in [0.25, 0.3) is 0 Å². The Morgan fingerprint density at radius 2 is 2.46 bits per heavy atom. The lowest BCUT2D eigenvalue weighted by Crippen LogP contribution is -2.18. The molecule has 3 heteroatoms. The lowest BCUT2D eigenvalue weighted by molar-refractivity contribution is 0.130. The summed E-state index contributed by atoms with van der Waals surface area (Å²) in [6.45, 7) is 2.12. The van der Waals surface area contributed by atoms with Gasteiger partial charge in [-0.3, -0.25) is 4.68 Å². The van der Waals surface area contributed by atoms with E-state index in [1.54, 1.807) is 0 Å². The minimum atomic E-state index is -0.190. The lowest BCUT2D eigenvalue weighted by Gasteiger charge is -2.14. The third-order valence-electron chi connectivity index (χ3n) is 2.85. The zero-order chi connectivity index (χ0) is 9.26. The van der Waals surface area contributed by atoms with E-state index in [9.17, 15) is 5.11 Å².